The lowest BCUT2D eigenvalue weighted by atomic mass is 10.0. The monoisotopic (exact) mass is 276 g/mol. The molecule has 0 saturated carbocycles. The molecule has 0 aromatic heterocycles. The van der Waals surface area contributed by atoms with Crippen molar-refractivity contribution < 1.29 is 14.6 Å². The average molecular weight is 276 g/mol. The molecule has 0 amide bonds. The molecule has 2 fully saturated rings. The van der Waals surface area contributed by atoms with Gasteiger partial charge in [0.15, 0.2) is 6.29 Å². The Bertz CT molecular complexity index is 506. The number of benzene rings is 1. The fourth-order valence-corrected chi connectivity index (χ4v) is 2.46. The Labute approximate surface area is 116 Å². The van der Waals surface area contributed by atoms with Crippen molar-refractivity contribution in [3.63, 3.8) is 0 Å². The number of nitrogens with one attached hydrogen (secondary N) is 1. The Morgan fingerprint density at radius 2 is 2.15 bits per heavy atom. The maximum absolute atomic E-state index is 9.98. The Balaban J connectivity index is 1.58. The molecule has 2 aliphatic heterocycles. The van der Waals surface area contributed by atoms with E-state index in [0.717, 1.165) is 5.56 Å². The zero-order valence-electron chi connectivity index (χ0n) is 10.8. The minimum atomic E-state index is -0.665. The molecule has 7 nitrogen and oxygen atoms in total. The number of azide groups is 1. The fraction of sp³-hybridized carbons (Fsp3) is 0.538. The smallest absolute Gasteiger partial charge is 0.175 e. The van der Waals surface area contributed by atoms with Crippen LogP contribution in [-0.4, -0.2) is 42.2 Å². The second-order valence-corrected chi connectivity index (χ2v) is 4.96. The van der Waals surface area contributed by atoms with E-state index in [1.165, 1.54) is 0 Å². The number of aliphatic hydroxyl groups is 1. The van der Waals surface area contributed by atoms with Crippen LogP contribution >= 0.6 is 0 Å². The summed E-state index contributed by atoms with van der Waals surface area (Å²) in [6, 6.07) is 9.78. The highest BCUT2D eigenvalue weighted by Crippen LogP contribution is 2.31. The van der Waals surface area contributed by atoms with Gasteiger partial charge in [0.1, 0.15) is 0 Å². The standard InChI is InChI=1S/C13H16N4O3/c14-17-15-6-9-12(18)10-11(16-10)13(20-9)19-7-8-4-2-1-3-5-8/h1-5,9-13,16,18H,6-7H2. The van der Waals surface area contributed by atoms with Gasteiger partial charge in [-0.1, -0.05) is 35.4 Å². The third kappa shape index (κ3) is 2.77. The molecule has 5 unspecified atom stereocenters. The molecule has 2 N–H and O–H groups in total. The van der Waals surface area contributed by atoms with E-state index in [4.69, 9.17) is 15.0 Å². The summed E-state index contributed by atoms with van der Waals surface area (Å²) in [7, 11) is 0. The zero-order chi connectivity index (χ0) is 13.9. The Morgan fingerprint density at radius 1 is 1.35 bits per heavy atom. The van der Waals surface area contributed by atoms with E-state index < -0.39 is 18.5 Å². The van der Waals surface area contributed by atoms with Gasteiger partial charge in [-0.3, -0.25) is 0 Å². The van der Waals surface area contributed by atoms with Gasteiger partial charge in [-0.25, -0.2) is 0 Å². The summed E-state index contributed by atoms with van der Waals surface area (Å²) in [6.07, 6.45) is -1.62. The summed E-state index contributed by atoms with van der Waals surface area (Å²) in [5.74, 6) is 0. The van der Waals surface area contributed by atoms with Crippen LogP contribution in [0.15, 0.2) is 35.4 Å². The van der Waals surface area contributed by atoms with Crippen LogP contribution in [0, 0.1) is 0 Å². The number of nitrogens with zero attached hydrogens (tertiary/aromatic N) is 3. The molecule has 5 atom stereocenters. The van der Waals surface area contributed by atoms with E-state index in [1.807, 2.05) is 30.3 Å². The molecule has 20 heavy (non-hydrogen) atoms. The first-order chi connectivity index (χ1) is 9.79. The van der Waals surface area contributed by atoms with Gasteiger partial charge in [-0.2, -0.15) is 0 Å². The zero-order valence-corrected chi connectivity index (χ0v) is 10.8. The Kier molecular flexibility index (Phi) is 3.86. The molecule has 2 aliphatic rings. The molecule has 3 rings (SSSR count). The minimum Gasteiger partial charge on any atom is -0.389 e. The lowest BCUT2D eigenvalue weighted by Crippen LogP contribution is -2.47. The largest absolute Gasteiger partial charge is 0.389 e. The van der Waals surface area contributed by atoms with Crippen LogP contribution in [0.25, 0.3) is 10.4 Å². The molecule has 1 aromatic carbocycles. The first-order valence-electron chi connectivity index (χ1n) is 6.55. The first kappa shape index (κ1) is 13.4. The predicted octanol–water partition coefficient (Wildman–Crippen LogP) is 0.940. The maximum Gasteiger partial charge on any atom is 0.175 e. The fourth-order valence-electron chi connectivity index (χ4n) is 2.46. The summed E-state index contributed by atoms with van der Waals surface area (Å²) in [4.78, 5) is 2.69. The number of hydrogen-bond acceptors (Lipinski definition) is 5. The van der Waals surface area contributed by atoms with Gasteiger partial charge in [0.2, 0.25) is 0 Å². The Hall–Kier alpha value is -1.63. The summed E-state index contributed by atoms with van der Waals surface area (Å²) >= 11 is 0. The van der Waals surface area contributed by atoms with Crippen molar-refractivity contribution in [1.29, 1.82) is 0 Å². The SMILES string of the molecule is [N-]=[N+]=NCC1OC(OCc2ccccc2)C2NC2C1O. The van der Waals surface area contributed by atoms with Gasteiger partial charge in [0, 0.05) is 4.91 Å². The van der Waals surface area contributed by atoms with Crippen molar-refractivity contribution in [1.82, 2.24) is 5.32 Å². The molecule has 0 spiro atoms. The summed E-state index contributed by atoms with van der Waals surface area (Å²) < 4.78 is 11.4. The molecule has 1 aromatic rings. The molecule has 0 aliphatic carbocycles. The van der Waals surface area contributed by atoms with E-state index in [2.05, 4.69) is 15.3 Å². The van der Waals surface area contributed by atoms with Crippen LogP contribution in [0.4, 0.5) is 0 Å². The molecule has 0 radical (unpaired) electrons. The van der Waals surface area contributed by atoms with E-state index in [-0.39, 0.29) is 18.6 Å². The predicted molar refractivity (Wildman–Crippen MR) is 70.6 cm³/mol. The molecular formula is C13H16N4O3. The van der Waals surface area contributed by atoms with Gasteiger partial charge in [0.05, 0.1) is 37.4 Å². The van der Waals surface area contributed by atoms with Crippen molar-refractivity contribution >= 4 is 0 Å². The van der Waals surface area contributed by atoms with Gasteiger partial charge in [-0.15, -0.1) is 0 Å². The first-order valence-corrected chi connectivity index (χ1v) is 6.55. The Morgan fingerprint density at radius 3 is 2.90 bits per heavy atom. The van der Waals surface area contributed by atoms with Crippen LogP contribution in [0.3, 0.4) is 0 Å². The van der Waals surface area contributed by atoms with E-state index in [1.54, 1.807) is 0 Å². The number of hydrogen-bond donors (Lipinski definition) is 2. The lowest BCUT2D eigenvalue weighted by molar-refractivity contribution is -0.210. The topological polar surface area (TPSA) is 109 Å². The third-order valence-electron chi connectivity index (χ3n) is 3.60. The molecule has 0 bridgehead atoms. The highest BCUT2D eigenvalue weighted by molar-refractivity contribution is 5.14. The molecule has 7 heteroatoms. The van der Waals surface area contributed by atoms with E-state index in [9.17, 15) is 5.11 Å². The van der Waals surface area contributed by atoms with Crippen LogP contribution in [0.5, 0.6) is 0 Å². The van der Waals surface area contributed by atoms with Gasteiger partial charge >= 0.3 is 0 Å². The average Bonchev–Trinajstić information content (AvgIpc) is 3.28. The van der Waals surface area contributed by atoms with Crippen molar-refractivity contribution in [2.75, 3.05) is 6.54 Å². The third-order valence-corrected chi connectivity index (χ3v) is 3.60. The highest BCUT2D eigenvalue weighted by Gasteiger charge is 2.55. The van der Waals surface area contributed by atoms with Crippen molar-refractivity contribution in [3.8, 4) is 0 Å². The normalized spacial score (nSPS) is 35.0. The van der Waals surface area contributed by atoms with Gasteiger partial charge in [-0.05, 0) is 11.1 Å². The highest BCUT2D eigenvalue weighted by atomic mass is 16.7. The van der Waals surface area contributed by atoms with Crippen LogP contribution < -0.4 is 5.32 Å². The number of fused-ring (bicyclic) bond motifs is 1. The molecule has 2 heterocycles. The minimum absolute atomic E-state index is 0.0102. The molecule has 106 valence electrons. The lowest BCUT2D eigenvalue weighted by Gasteiger charge is -2.31. The van der Waals surface area contributed by atoms with Crippen LogP contribution in [0.2, 0.25) is 0 Å². The van der Waals surface area contributed by atoms with Gasteiger partial charge < -0.3 is 19.9 Å². The second kappa shape index (κ2) is 5.78. The van der Waals surface area contributed by atoms with E-state index in [0.29, 0.717) is 6.61 Å². The second-order valence-electron chi connectivity index (χ2n) is 4.96. The summed E-state index contributed by atoms with van der Waals surface area (Å²) in [5, 5.41) is 16.6. The van der Waals surface area contributed by atoms with Crippen LogP contribution in [-0.2, 0) is 16.1 Å². The number of rotatable bonds is 5. The molecule has 2 saturated heterocycles. The van der Waals surface area contributed by atoms with Crippen molar-refractivity contribution in [2.24, 2.45) is 5.11 Å². The number of aliphatic hydroxyl groups excluding tert-OH is 1. The maximum atomic E-state index is 9.98. The van der Waals surface area contributed by atoms with Crippen molar-refractivity contribution in [2.45, 2.75) is 37.2 Å². The quantitative estimate of drug-likeness (QED) is 0.361. The van der Waals surface area contributed by atoms with Crippen LogP contribution in [0.1, 0.15) is 5.56 Å². The number of ether oxygens (including phenoxy) is 2. The molecular weight excluding hydrogens is 260 g/mol. The summed E-state index contributed by atoms with van der Waals surface area (Å²) in [6.45, 7) is 0.550. The van der Waals surface area contributed by atoms with E-state index >= 15 is 0 Å². The summed E-state index contributed by atoms with van der Waals surface area (Å²) in [5.41, 5.74) is 9.41. The van der Waals surface area contributed by atoms with Crippen molar-refractivity contribution in [3.05, 3.63) is 46.3 Å². The van der Waals surface area contributed by atoms with Gasteiger partial charge in [0.25, 0.3) is 0 Å².